The summed E-state index contributed by atoms with van der Waals surface area (Å²) in [5.41, 5.74) is 2.49. The first kappa shape index (κ1) is 16.8. The molecule has 1 fully saturated rings. The van der Waals surface area contributed by atoms with Gasteiger partial charge in [0.2, 0.25) is 0 Å². The Bertz CT molecular complexity index is 566. The zero-order chi connectivity index (χ0) is 16.8. The van der Waals surface area contributed by atoms with Gasteiger partial charge >= 0.3 is 0 Å². The number of benzene rings is 1. The van der Waals surface area contributed by atoms with Crippen molar-refractivity contribution < 1.29 is 5.11 Å². The summed E-state index contributed by atoms with van der Waals surface area (Å²) in [6.45, 7) is 7.37. The van der Waals surface area contributed by atoms with E-state index in [2.05, 4.69) is 58.5 Å². The molecule has 0 atom stereocenters. The van der Waals surface area contributed by atoms with Crippen LogP contribution in [0.2, 0.25) is 0 Å². The zero-order valence-electron chi connectivity index (χ0n) is 14.5. The Labute approximate surface area is 144 Å². The van der Waals surface area contributed by atoms with Gasteiger partial charge in [-0.25, -0.2) is 4.99 Å². The second-order valence-electron chi connectivity index (χ2n) is 6.43. The molecule has 24 heavy (non-hydrogen) atoms. The molecule has 0 amide bonds. The van der Waals surface area contributed by atoms with Crippen LogP contribution in [0.3, 0.4) is 0 Å². The minimum atomic E-state index is -0.156. The van der Waals surface area contributed by atoms with Crippen molar-refractivity contribution >= 4 is 11.6 Å². The van der Waals surface area contributed by atoms with Gasteiger partial charge in [-0.1, -0.05) is 24.3 Å². The Morgan fingerprint density at radius 2 is 1.83 bits per heavy atom. The molecule has 1 saturated heterocycles. The lowest BCUT2D eigenvalue weighted by Crippen LogP contribution is -2.46. The summed E-state index contributed by atoms with van der Waals surface area (Å²) in [4.78, 5) is 9.38. The van der Waals surface area contributed by atoms with Gasteiger partial charge in [-0.3, -0.25) is 0 Å². The molecule has 5 nitrogen and oxygen atoms in total. The van der Waals surface area contributed by atoms with Crippen molar-refractivity contribution in [3.05, 3.63) is 42.0 Å². The third kappa shape index (κ3) is 4.29. The highest BCUT2D eigenvalue weighted by molar-refractivity contribution is 5.80. The van der Waals surface area contributed by atoms with Gasteiger partial charge in [0, 0.05) is 38.4 Å². The van der Waals surface area contributed by atoms with E-state index in [1.165, 1.54) is 11.3 Å². The van der Waals surface area contributed by atoms with E-state index in [1.54, 1.807) is 0 Å². The van der Waals surface area contributed by atoms with Gasteiger partial charge in [-0.05, 0) is 37.5 Å². The van der Waals surface area contributed by atoms with E-state index >= 15 is 0 Å². The minimum absolute atomic E-state index is 0.156. The predicted molar refractivity (Wildman–Crippen MR) is 99.4 cm³/mol. The summed E-state index contributed by atoms with van der Waals surface area (Å²) >= 11 is 0. The topological polar surface area (TPSA) is 51.1 Å². The molecule has 0 aliphatic carbocycles. The number of aliphatic hydroxyl groups excluding tert-OH is 1. The molecule has 2 aliphatic rings. The summed E-state index contributed by atoms with van der Waals surface area (Å²) in [6, 6.07) is 8.70. The number of guanidine groups is 1. The van der Waals surface area contributed by atoms with Gasteiger partial charge in [0.25, 0.3) is 0 Å². The van der Waals surface area contributed by atoms with E-state index in [0.717, 1.165) is 51.5 Å². The standard InChI is InChI=1S/C19H28N4O/c1-2-20-19(23-13-9-18(24)10-14-23)21-15-16-5-7-17(8-6-16)22-11-3-4-12-22/h3-8,18,24H,2,9-15H2,1H3,(H,20,21). The molecule has 2 heterocycles. The van der Waals surface area contributed by atoms with Crippen molar-refractivity contribution in [2.24, 2.45) is 4.99 Å². The van der Waals surface area contributed by atoms with Gasteiger partial charge in [-0.2, -0.15) is 0 Å². The monoisotopic (exact) mass is 328 g/mol. The number of rotatable bonds is 4. The van der Waals surface area contributed by atoms with Crippen molar-refractivity contribution in [2.75, 3.05) is 37.6 Å². The second kappa shape index (κ2) is 8.20. The normalized spacial score (nSPS) is 19.2. The highest BCUT2D eigenvalue weighted by Crippen LogP contribution is 2.18. The van der Waals surface area contributed by atoms with Crippen molar-refractivity contribution in [3.8, 4) is 0 Å². The van der Waals surface area contributed by atoms with Crippen molar-refractivity contribution in [2.45, 2.75) is 32.4 Å². The first-order valence-corrected chi connectivity index (χ1v) is 8.96. The summed E-state index contributed by atoms with van der Waals surface area (Å²) in [5.74, 6) is 0.956. The van der Waals surface area contributed by atoms with E-state index in [1.807, 2.05) is 0 Å². The molecular formula is C19H28N4O. The quantitative estimate of drug-likeness (QED) is 0.504. The van der Waals surface area contributed by atoms with Crippen LogP contribution >= 0.6 is 0 Å². The van der Waals surface area contributed by atoms with Crippen LogP contribution in [0, 0.1) is 0 Å². The fraction of sp³-hybridized carbons (Fsp3) is 0.526. The van der Waals surface area contributed by atoms with Gasteiger partial charge < -0.3 is 20.2 Å². The first-order valence-electron chi connectivity index (χ1n) is 8.96. The molecule has 5 heteroatoms. The summed E-state index contributed by atoms with van der Waals surface area (Å²) in [6.07, 6.45) is 5.90. The third-order valence-corrected chi connectivity index (χ3v) is 4.63. The van der Waals surface area contributed by atoms with E-state index in [0.29, 0.717) is 6.54 Å². The maximum atomic E-state index is 9.67. The maximum absolute atomic E-state index is 9.67. The second-order valence-corrected chi connectivity index (χ2v) is 6.43. The van der Waals surface area contributed by atoms with Crippen LogP contribution in [0.4, 0.5) is 5.69 Å². The number of likely N-dealkylation sites (tertiary alicyclic amines) is 1. The van der Waals surface area contributed by atoms with Gasteiger partial charge in [0.05, 0.1) is 12.6 Å². The number of aliphatic hydroxyl groups is 1. The van der Waals surface area contributed by atoms with Crippen LogP contribution < -0.4 is 10.2 Å². The van der Waals surface area contributed by atoms with Crippen LogP contribution in [0.25, 0.3) is 0 Å². The molecule has 1 aromatic carbocycles. The summed E-state index contributed by atoms with van der Waals surface area (Å²) in [7, 11) is 0. The number of anilines is 1. The molecule has 0 spiro atoms. The molecule has 2 N–H and O–H groups in total. The van der Waals surface area contributed by atoms with E-state index in [4.69, 9.17) is 4.99 Å². The Hall–Kier alpha value is -2.01. The maximum Gasteiger partial charge on any atom is 0.194 e. The lowest BCUT2D eigenvalue weighted by Gasteiger charge is -2.32. The largest absolute Gasteiger partial charge is 0.393 e. The van der Waals surface area contributed by atoms with Gasteiger partial charge in [0.1, 0.15) is 0 Å². The SMILES string of the molecule is CCNC(=NCc1ccc(N2CC=CC2)cc1)N1CCC(O)CC1. The number of hydrogen-bond donors (Lipinski definition) is 2. The molecule has 3 rings (SSSR count). The molecule has 0 saturated carbocycles. The van der Waals surface area contributed by atoms with Crippen LogP contribution in [0.15, 0.2) is 41.4 Å². The molecule has 130 valence electrons. The fourth-order valence-electron chi connectivity index (χ4n) is 3.17. The Kier molecular flexibility index (Phi) is 5.75. The average molecular weight is 328 g/mol. The number of nitrogens with one attached hydrogen (secondary N) is 1. The Morgan fingerprint density at radius 3 is 2.46 bits per heavy atom. The summed E-state index contributed by atoms with van der Waals surface area (Å²) in [5, 5.41) is 13.0. The molecule has 2 aliphatic heterocycles. The van der Waals surface area contributed by atoms with Crippen LogP contribution in [-0.4, -0.2) is 54.8 Å². The number of aliphatic imine (C=N–C) groups is 1. The van der Waals surface area contributed by atoms with Crippen LogP contribution in [0.5, 0.6) is 0 Å². The van der Waals surface area contributed by atoms with Crippen molar-refractivity contribution in [1.82, 2.24) is 10.2 Å². The van der Waals surface area contributed by atoms with Crippen LogP contribution in [-0.2, 0) is 6.54 Å². The molecular weight excluding hydrogens is 300 g/mol. The molecule has 1 aromatic rings. The highest BCUT2D eigenvalue weighted by Gasteiger charge is 2.19. The van der Waals surface area contributed by atoms with Crippen molar-refractivity contribution in [1.29, 1.82) is 0 Å². The zero-order valence-corrected chi connectivity index (χ0v) is 14.5. The minimum Gasteiger partial charge on any atom is -0.393 e. The van der Waals surface area contributed by atoms with E-state index in [-0.39, 0.29) is 6.10 Å². The van der Waals surface area contributed by atoms with Gasteiger partial charge in [0.15, 0.2) is 5.96 Å². The third-order valence-electron chi connectivity index (χ3n) is 4.63. The van der Waals surface area contributed by atoms with Crippen LogP contribution in [0.1, 0.15) is 25.3 Å². The Balaban J connectivity index is 1.61. The number of nitrogens with zero attached hydrogens (tertiary/aromatic N) is 3. The number of piperidine rings is 1. The predicted octanol–water partition coefficient (Wildman–Crippen LogP) is 1.99. The lowest BCUT2D eigenvalue weighted by atomic mass is 10.1. The smallest absolute Gasteiger partial charge is 0.194 e. The van der Waals surface area contributed by atoms with E-state index < -0.39 is 0 Å². The molecule has 0 aromatic heterocycles. The average Bonchev–Trinajstić information content (AvgIpc) is 3.14. The number of hydrogen-bond acceptors (Lipinski definition) is 3. The molecule has 0 bridgehead atoms. The lowest BCUT2D eigenvalue weighted by molar-refractivity contribution is 0.108. The molecule has 0 unspecified atom stereocenters. The summed E-state index contributed by atoms with van der Waals surface area (Å²) < 4.78 is 0. The fourth-order valence-corrected chi connectivity index (χ4v) is 3.17. The van der Waals surface area contributed by atoms with E-state index in [9.17, 15) is 5.11 Å². The molecule has 0 radical (unpaired) electrons. The Morgan fingerprint density at radius 1 is 1.17 bits per heavy atom. The van der Waals surface area contributed by atoms with Crippen molar-refractivity contribution in [3.63, 3.8) is 0 Å². The highest BCUT2D eigenvalue weighted by atomic mass is 16.3. The first-order chi connectivity index (χ1) is 11.8. The van der Waals surface area contributed by atoms with Gasteiger partial charge in [-0.15, -0.1) is 0 Å².